The van der Waals surface area contributed by atoms with Gasteiger partial charge in [-0.15, -0.1) is 16.4 Å². The van der Waals surface area contributed by atoms with Crippen LogP contribution >= 0.6 is 11.3 Å². The molecule has 0 atom stereocenters. The number of carbonyl (C=O) groups is 2. The zero-order chi connectivity index (χ0) is 25.7. The molecule has 0 bridgehead atoms. The highest BCUT2D eigenvalue weighted by Gasteiger charge is 2.34. The molecule has 190 valence electrons. The molecule has 2 heterocycles. The van der Waals surface area contributed by atoms with E-state index in [1.165, 1.54) is 0 Å². The average Bonchev–Trinajstić information content (AvgIpc) is 3.54. The fourth-order valence-electron chi connectivity index (χ4n) is 4.56. The number of benzene rings is 1. The second-order valence-corrected chi connectivity index (χ2v) is 10.5. The molecule has 3 aromatic rings. The van der Waals surface area contributed by atoms with Gasteiger partial charge in [-0.25, -0.2) is 14.5 Å². The second-order valence-electron chi connectivity index (χ2n) is 9.59. The van der Waals surface area contributed by atoms with Crippen molar-refractivity contribution in [2.75, 3.05) is 11.5 Å². The van der Waals surface area contributed by atoms with Gasteiger partial charge in [0, 0.05) is 29.7 Å². The summed E-state index contributed by atoms with van der Waals surface area (Å²) in [5, 5.41) is 7.64. The van der Waals surface area contributed by atoms with E-state index in [9.17, 15) is 9.59 Å². The average molecular weight is 507 g/mol. The summed E-state index contributed by atoms with van der Waals surface area (Å²) < 4.78 is 6.98. The number of esters is 1. The predicted octanol–water partition coefficient (Wildman–Crippen LogP) is 6.24. The van der Waals surface area contributed by atoms with E-state index in [0.29, 0.717) is 17.3 Å². The minimum Gasteiger partial charge on any atom is -0.462 e. The van der Waals surface area contributed by atoms with Crippen molar-refractivity contribution in [2.24, 2.45) is 11.8 Å². The van der Waals surface area contributed by atoms with Gasteiger partial charge in [-0.2, -0.15) is 0 Å². The van der Waals surface area contributed by atoms with Gasteiger partial charge in [0.1, 0.15) is 10.6 Å². The smallest absolute Gasteiger partial charge is 0.343 e. The van der Waals surface area contributed by atoms with Gasteiger partial charge in [0.05, 0.1) is 12.3 Å². The molecule has 1 aliphatic carbocycles. The van der Waals surface area contributed by atoms with Crippen molar-refractivity contribution in [1.82, 2.24) is 14.8 Å². The van der Waals surface area contributed by atoms with Gasteiger partial charge >= 0.3 is 5.97 Å². The molecule has 0 spiro atoms. The molecule has 1 fully saturated rings. The van der Waals surface area contributed by atoms with E-state index < -0.39 is 5.97 Å². The third kappa shape index (κ3) is 5.93. The van der Waals surface area contributed by atoms with Crippen LogP contribution in [0.25, 0.3) is 17.8 Å². The van der Waals surface area contributed by atoms with Gasteiger partial charge < -0.3 is 4.74 Å². The van der Waals surface area contributed by atoms with Crippen molar-refractivity contribution < 1.29 is 14.3 Å². The first kappa shape index (κ1) is 25.8. The summed E-state index contributed by atoms with van der Waals surface area (Å²) in [5.41, 5.74) is 2.12. The normalized spacial score (nSPS) is 18.0. The summed E-state index contributed by atoms with van der Waals surface area (Å²) in [6.07, 6.45) is 11.3. The Kier molecular flexibility index (Phi) is 8.36. The zero-order valence-corrected chi connectivity index (χ0v) is 22.2. The summed E-state index contributed by atoms with van der Waals surface area (Å²) in [6, 6.07) is 7.71. The molecule has 2 aromatic heterocycles. The lowest BCUT2D eigenvalue weighted by atomic mass is 9.82. The molecule has 0 saturated heterocycles. The van der Waals surface area contributed by atoms with Crippen LogP contribution in [-0.4, -0.2) is 39.3 Å². The number of amides is 1. The van der Waals surface area contributed by atoms with E-state index in [4.69, 9.17) is 9.84 Å². The maximum absolute atomic E-state index is 13.7. The number of anilines is 1. The van der Waals surface area contributed by atoms with Crippen LogP contribution in [-0.2, 0) is 9.53 Å². The van der Waals surface area contributed by atoms with Crippen LogP contribution in [0.4, 0.5) is 5.82 Å². The number of hydrogen-bond acceptors (Lipinski definition) is 6. The van der Waals surface area contributed by atoms with Gasteiger partial charge in [-0.05, 0) is 76.1 Å². The molecule has 36 heavy (non-hydrogen) atoms. The maximum atomic E-state index is 13.7. The van der Waals surface area contributed by atoms with Gasteiger partial charge in [0.15, 0.2) is 5.82 Å². The summed E-state index contributed by atoms with van der Waals surface area (Å²) in [5.74, 6) is 0.524. The van der Waals surface area contributed by atoms with Gasteiger partial charge in [-0.3, -0.25) is 9.69 Å². The SMILES string of the molecule is CCOC(=O)c1cn(-c2ccc(C=Cc3nccs3)cc2)nc1N(C(=O)C1CCC(C)CC1)C(C)C. The van der Waals surface area contributed by atoms with Crippen molar-refractivity contribution in [3.63, 3.8) is 0 Å². The Morgan fingerprint density at radius 2 is 1.89 bits per heavy atom. The molecule has 0 unspecified atom stereocenters. The van der Waals surface area contributed by atoms with Crippen molar-refractivity contribution in [3.8, 4) is 5.69 Å². The zero-order valence-electron chi connectivity index (χ0n) is 21.4. The predicted molar refractivity (Wildman–Crippen MR) is 144 cm³/mol. The number of rotatable bonds is 8. The monoisotopic (exact) mass is 506 g/mol. The third-order valence-corrected chi connectivity index (χ3v) is 7.31. The van der Waals surface area contributed by atoms with Crippen LogP contribution in [0.2, 0.25) is 0 Å². The fraction of sp³-hybridized carbons (Fsp3) is 0.429. The molecule has 4 rings (SSSR count). The lowest BCUT2D eigenvalue weighted by Gasteiger charge is -2.32. The van der Waals surface area contributed by atoms with Crippen LogP contribution < -0.4 is 4.90 Å². The van der Waals surface area contributed by atoms with E-state index in [-0.39, 0.29) is 24.5 Å². The van der Waals surface area contributed by atoms with Crippen molar-refractivity contribution in [2.45, 2.75) is 59.4 Å². The topological polar surface area (TPSA) is 77.3 Å². The van der Waals surface area contributed by atoms with Crippen molar-refractivity contribution in [3.05, 3.63) is 58.2 Å². The first-order valence-electron chi connectivity index (χ1n) is 12.6. The number of hydrogen-bond donors (Lipinski definition) is 0. The largest absolute Gasteiger partial charge is 0.462 e. The molecular formula is C28H34N4O3S. The molecule has 7 nitrogen and oxygen atoms in total. The standard InChI is InChI=1S/C28H34N4O3S/c1-5-35-28(34)24-18-31(23-13-8-21(9-14-23)10-15-25-29-16-17-36-25)30-26(24)32(19(2)3)27(33)22-11-6-20(4)7-12-22/h8-10,13-20,22H,5-7,11-12H2,1-4H3. The van der Waals surface area contributed by atoms with Gasteiger partial charge in [0.2, 0.25) is 5.91 Å². The highest BCUT2D eigenvalue weighted by Crippen LogP contribution is 2.33. The van der Waals surface area contributed by atoms with Crippen LogP contribution in [0.1, 0.15) is 74.3 Å². The maximum Gasteiger partial charge on any atom is 0.343 e. The van der Waals surface area contributed by atoms with Gasteiger partial charge in [0.25, 0.3) is 0 Å². The molecule has 8 heteroatoms. The minimum atomic E-state index is -0.475. The summed E-state index contributed by atoms with van der Waals surface area (Å²) in [7, 11) is 0. The summed E-state index contributed by atoms with van der Waals surface area (Å²) >= 11 is 1.58. The summed E-state index contributed by atoms with van der Waals surface area (Å²) in [6.45, 7) is 8.18. The second kappa shape index (κ2) is 11.6. The van der Waals surface area contributed by atoms with Crippen LogP contribution in [0.3, 0.4) is 0 Å². The Bertz CT molecular complexity index is 1190. The van der Waals surface area contributed by atoms with Crippen LogP contribution in [0.5, 0.6) is 0 Å². The molecule has 1 amide bonds. The molecule has 0 aliphatic heterocycles. The minimum absolute atomic E-state index is 0.0374. The first-order valence-corrected chi connectivity index (χ1v) is 13.5. The van der Waals surface area contributed by atoms with Crippen LogP contribution in [0, 0.1) is 11.8 Å². The Morgan fingerprint density at radius 3 is 2.50 bits per heavy atom. The molecule has 0 radical (unpaired) electrons. The number of nitrogens with zero attached hydrogens (tertiary/aromatic N) is 4. The quantitative estimate of drug-likeness (QED) is 0.338. The number of aromatic nitrogens is 3. The Morgan fingerprint density at radius 1 is 1.17 bits per heavy atom. The molecule has 1 aliphatic rings. The van der Waals surface area contributed by atoms with Crippen molar-refractivity contribution in [1.29, 1.82) is 0 Å². The Hall–Kier alpha value is -3.26. The van der Waals surface area contributed by atoms with E-state index >= 15 is 0 Å². The van der Waals surface area contributed by atoms with Crippen molar-refractivity contribution >= 4 is 41.2 Å². The summed E-state index contributed by atoms with van der Waals surface area (Å²) in [4.78, 5) is 32.5. The highest BCUT2D eigenvalue weighted by atomic mass is 32.1. The molecule has 1 saturated carbocycles. The number of thiazole rings is 1. The Balaban J connectivity index is 1.65. The highest BCUT2D eigenvalue weighted by molar-refractivity contribution is 7.10. The molecule has 1 aromatic carbocycles. The fourth-order valence-corrected chi connectivity index (χ4v) is 5.09. The molecule has 0 N–H and O–H groups in total. The van der Waals surface area contributed by atoms with Gasteiger partial charge in [-0.1, -0.05) is 25.1 Å². The molecular weight excluding hydrogens is 472 g/mol. The first-order chi connectivity index (χ1) is 17.4. The van der Waals surface area contributed by atoms with Crippen LogP contribution in [0.15, 0.2) is 42.0 Å². The Labute approximate surface area is 216 Å². The number of ether oxygens (including phenoxy) is 1. The van der Waals surface area contributed by atoms with E-state index in [1.54, 1.807) is 40.2 Å². The van der Waals surface area contributed by atoms with E-state index in [1.807, 2.05) is 55.6 Å². The third-order valence-electron chi connectivity index (χ3n) is 6.56. The number of carbonyl (C=O) groups excluding carboxylic acids is 2. The van der Waals surface area contributed by atoms with E-state index in [2.05, 4.69) is 11.9 Å². The lowest BCUT2D eigenvalue weighted by Crippen LogP contribution is -2.43. The van der Waals surface area contributed by atoms with E-state index in [0.717, 1.165) is 41.9 Å². The lowest BCUT2D eigenvalue weighted by molar-refractivity contribution is -0.124.